The topological polar surface area (TPSA) is 70.1 Å². The predicted molar refractivity (Wildman–Crippen MR) is 137 cm³/mol. The summed E-state index contributed by atoms with van der Waals surface area (Å²) in [7, 11) is 1.83. The third-order valence-electron chi connectivity index (χ3n) is 6.85. The zero-order chi connectivity index (χ0) is 29.0. The predicted octanol–water partition coefficient (Wildman–Crippen LogP) is 7.60. The van der Waals surface area contributed by atoms with Crippen molar-refractivity contribution in [3.63, 3.8) is 0 Å². The van der Waals surface area contributed by atoms with Gasteiger partial charge in [-0.25, -0.2) is 4.98 Å². The second-order valence-corrected chi connectivity index (χ2v) is 9.21. The number of halogens is 6. The Hall–Kier alpha value is -4.59. The molecule has 0 N–H and O–H groups in total. The number of benzene rings is 4. The molecule has 0 spiro atoms. The molecule has 204 valence electrons. The molecule has 1 atom stereocenters. The fourth-order valence-corrected chi connectivity index (χ4v) is 4.71. The lowest BCUT2D eigenvalue weighted by molar-refractivity contribution is -0.143. The zero-order valence-corrected chi connectivity index (χ0v) is 21.0. The number of nitrogens with zero attached hydrogens (tertiary/aromatic N) is 3. The molecule has 0 radical (unpaired) electrons. The quantitative estimate of drug-likeness (QED) is 0.130. The van der Waals surface area contributed by atoms with Crippen molar-refractivity contribution < 1.29 is 30.8 Å². The Morgan fingerprint density at radius 2 is 1.68 bits per heavy atom. The van der Waals surface area contributed by atoms with Gasteiger partial charge in [-0.2, -0.15) is 31.6 Å². The monoisotopic (exact) mass is 555 g/mol. The molecule has 1 heterocycles. The maximum atomic E-state index is 14.1. The van der Waals surface area contributed by atoms with Gasteiger partial charge in [-0.05, 0) is 36.8 Å². The van der Waals surface area contributed by atoms with Crippen LogP contribution in [0.4, 0.5) is 32.0 Å². The van der Waals surface area contributed by atoms with Crippen LogP contribution in [0.2, 0.25) is 0 Å². The molecule has 3 aromatic rings. The summed E-state index contributed by atoms with van der Waals surface area (Å²) >= 11 is 0. The summed E-state index contributed by atoms with van der Waals surface area (Å²) < 4.78 is 88.2. The number of rotatable bonds is 4. The van der Waals surface area contributed by atoms with Crippen LogP contribution in [0.1, 0.15) is 35.1 Å². The third kappa shape index (κ3) is 4.49. The highest BCUT2D eigenvalue weighted by Crippen LogP contribution is 2.43. The van der Waals surface area contributed by atoms with Crippen molar-refractivity contribution in [1.82, 2.24) is 4.98 Å². The van der Waals surface area contributed by atoms with Crippen LogP contribution in [0.3, 0.4) is 0 Å². The van der Waals surface area contributed by atoms with E-state index < -0.39 is 46.0 Å². The van der Waals surface area contributed by atoms with Crippen LogP contribution >= 0.6 is 0 Å². The maximum Gasteiger partial charge on any atom is 0.416 e. The van der Waals surface area contributed by atoms with Gasteiger partial charge in [0.05, 0.1) is 22.8 Å². The van der Waals surface area contributed by atoms with E-state index >= 15 is 0 Å². The van der Waals surface area contributed by atoms with Crippen LogP contribution in [0.5, 0.6) is 0 Å². The van der Waals surface area contributed by atoms with E-state index in [0.29, 0.717) is 29.6 Å². The molecule has 5 nitrogen and oxygen atoms in total. The Labute approximate surface area is 223 Å². The minimum Gasteiger partial charge on any atom is -0.452 e. The highest BCUT2D eigenvalue weighted by atomic mass is 19.4. The molecule has 3 aromatic carbocycles. The minimum absolute atomic E-state index is 0.0506. The van der Waals surface area contributed by atoms with Crippen LogP contribution in [0.15, 0.2) is 69.9 Å². The Morgan fingerprint density at radius 3 is 2.30 bits per heavy atom. The molecule has 0 fully saturated rings. The van der Waals surface area contributed by atoms with Crippen molar-refractivity contribution in [2.24, 2.45) is 0 Å². The van der Waals surface area contributed by atoms with Crippen LogP contribution < -0.4 is 10.3 Å². The standard InChI is InChI=1S/C29H19F6N3O2/c1-3-38(2)16-9-11-22-23(13-16)40-27-24(26(39)19-7-5-4-6-18(19)25(27)37-22)20(14-36)17-10-8-15(28(30,31)32)12-21(17)29(33,34)35/h4-13,20H,3H2,1-2H3. The molecule has 11 heteroatoms. The lowest BCUT2D eigenvalue weighted by Crippen LogP contribution is -2.21. The summed E-state index contributed by atoms with van der Waals surface area (Å²) in [6, 6.07) is 14.1. The summed E-state index contributed by atoms with van der Waals surface area (Å²) in [5, 5.41) is 10.6. The fourth-order valence-electron chi connectivity index (χ4n) is 4.71. The number of fused-ring (bicyclic) bond motifs is 4. The van der Waals surface area contributed by atoms with E-state index in [2.05, 4.69) is 4.98 Å². The molecule has 0 saturated heterocycles. The van der Waals surface area contributed by atoms with Gasteiger partial charge < -0.3 is 9.32 Å². The van der Waals surface area contributed by atoms with Crippen molar-refractivity contribution in [2.45, 2.75) is 25.2 Å². The molecule has 0 amide bonds. The van der Waals surface area contributed by atoms with E-state index in [1.807, 2.05) is 18.9 Å². The molecule has 5 rings (SSSR count). The molecule has 0 aromatic heterocycles. The van der Waals surface area contributed by atoms with Gasteiger partial charge >= 0.3 is 12.4 Å². The van der Waals surface area contributed by atoms with Gasteiger partial charge in [-0.3, -0.25) is 4.79 Å². The second kappa shape index (κ2) is 9.55. The Kier molecular flexibility index (Phi) is 6.45. The van der Waals surface area contributed by atoms with Crippen molar-refractivity contribution in [3.8, 4) is 17.5 Å². The first-order valence-corrected chi connectivity index (χ1v) is 12.0. The zero-order valence-electron chi connectivity index (χ0n) is 21.0. The maximum absolute atomic E-state index is 14.1. The van der Waals surface area contributed by atoms with Gasteiger partial charge in [-0.1, -0.05) is 30.3 Å². The first kappa shape index (κ1) is 27.0. The summed E-state index contributed by atoms with van der Waals surface area (Å²) in [6.45, 7) is 2.57. The van der Waals surface area contributed by atoms with E-state index in [1.165, 1.54) is 6.07 Å². The number of aromatic nitrogens is 1. The van der Waals surface area contributed by atoms with Gasteiger partial charge in [0.1, 0.15) is 17.1 Å². The lowest BCUT2D eigenvalue weighted by atomic mass is 9.84. The average Bonchev–Trinajstić information content (AvgIpc) is 2.92. The molecule has 1 unspecified atom stereocenters. The minimum atomic E-state index is -5.25. The molecule has 0 saturated carbocycles. The van der Waals surface area contributed by atoms with Crippen molar-refractivity contribution in [1.29, 1.82) is 5.26 Å². The van der Waals surface area contributed by atoms with Gasteiger partial charge in [-0.15, -0.1) is 0 Å². The highest BCUT2D eigenvalue weighted by Gasteiger charge is 2.41. The van der Waals surface area contributed by atoms with E-state index in [1.54, 1.807) is 42.5 Å². The highest BCUT2D eigenvalue weighted by molar-refractivity contribution is 5.98. The molecular formula is C29H19F6N3O2. The average molecular weight is 555 g/mol. The first-order valence-electron chi connectivity index (χ1n) is 12.0. The van der Waals surface area contributed by atoms with Gasteiger partial charge in [0.2, 0.25) is 0 Å². The first-order chi connectivity index (χ1) is 18.8. The van der Waals surface area contributed by atoms with Crippen LogP contribution in [-0.4, -0.2) is 18.6 Å². The summed E-state index contributed by atoms with van der Waals surface area (Å²) in [5.74, 6) is -2.13. The number of alkyl halides is 6. The van der Waals surface area contributed by atoms with E-state index in [9.17, 15) is 36.4 Å². The Balaban J connectivity index is 1.88. The molecule has 1 aliphatic heterocycles. The second-order valence-electron chi connectivity index (χ2n) is 9.21. The number of nitriles is 1. The fraction of sp³-hybridized carbons (Fsp3) is 0.207. The number of hydrogen-bond donors (Lipinski definition) is 0. The van der Waals surface area contributed by atoms with Gasteiger partial charge in [0, 0.05) is 36.1 Å². The van der Waals surface area contributed by atoms with Crippen molar-refractivity contribution in [2.75, 3.05) is 18.5 Å². The van der Waals surface area contributed by atoms with E-state index in [-0.39, 0.29) is 28.5 Å². The van der Waals surface area contributed by atoms with Gasteiger partial charge in [0.15, 0.2) is 16.8 Å². The molecule has 0 bridgehead atoms. The van der Waals surface area contributed by atoms with Crippen molar-refractivity contribution in [3.05, 3.63) is 93.1 Å². The molecule has 40 heavy (non-hydrogen) atoms. The Bertz CT molecular complexity index is 1840. The number of hydrogen-bond acceptors (Lipinski definition) is 5. The van der Waals surface area contributed by atoms with Gasteiger partial charge in [0.25, 0.3) is 0 Å². The van der Waals surface area contributed by atoms with E-state index in [4.69, 9.17) is 4.42 Å². The summed E-state index contributed by atoms with van der Waals surface area (Å²) in [4.78, 5) is 20.3. The largest absolute Gasteiger partial charge is 0.452 e. The van der Waals surface area contributed by atoms with Crippen LogP contribution in [-0.2, 0) is 12.4 Å². The SMILES string of the molecule is CCN(C)c1ccc2nc3c4ccccc4c(=O)c(C(C#N)c4ccc(C(F)(F)F)cc4C(F)(F)F)c-3oc2c1. The molecular weight excluding hydrogens is 536 g/mol. The normalized spacial score (nSPS) is 13.1. The van der Waals surface area contributed by atoms with E-state index in [0.717, 1.165) is 5.69 Å². The Morgan fingerprint density at radius 1 is 0.975 bits per heavy atom. The molecule has 1 aliphatic carbocycles. The smallest absolute Gasteiger partial charge is 0.416 e. The lowest BCUT2D eigenvalue weighted by Gasteiger charge is -2.22. The molecule has 2 aliphatic rings. The van der Waals surface area contributed by atoms with Crippen molar-refractivity contribution >= 4 is 27.6 Å². The third-order valence-corrected chi connectivity index (χ3v) is 6.85. The van der Waals surface area contributed by atoms with Crippen LogP contribution in [0.25, 0.3) is 33.3 Å². The van der Waals surface area contributed by atoms with Crippen LogP contribution in [0, 0.1) is 11.3 Å². The summed E-state index contributed by atoms with van der Waals surface area (Å²) in [6.07, 6.45) is -10.3. The summed E-state index contributed by atoms with van der Waals surface area (Å²) in [5.41, 5.74) is -3.74. The number of anilines is 1.